The predicted octanol–water partition coefficient (Wildman–Crippen LogP) is 0.573. The van der Waals surface area contributed by atoms with Crippen molar-refractivity contribution in [2.75, 3.05) is 17.5 Å². The molecule has 0 spiro atoms. The van der Waals surface area contributed by atoms with E-state index in [1.165, 1.54) is 0 Å². The fourth-order valence-corrected chi connectivity index (χ4v) is 2.77. The quantitative estimate of drug-likeness (QED) is 0.831. The van der Waals surface area contributed by atoms with Gasteiger partial charge in [0.2, 0.25) is 10.0 Å². The zero-order valence-corrected chi connectivity index (χ0v) is 10.8. The maximum Gasteiger partial charge on any atom is 0.263 e. The van der Waals surface area contributed by atoms with Crippen LogP contribution >= 0.6 is 11.3 Å². The smallest absolute Gasteiger partial charge is 0.263 e. The van der Waals surface area contributed by atoms with Crippen molar-refractivity contribution in [3.63, 3.8) is 0 Å². The number of aryl methyl sites for hydroxylation is 1. The Morgan fingerprint density at radius 3 is 2.62 bits per heavy atom. The number of thiazole rings is 1. The van der Waals surface area contributed by atoms with Gasteiger partial charge >= 0.3 is 0 Å². The van der Waals surface area contributed by atoms with Crippen LogP contribution in [-0.2, 0) is 10.0 Å². The van der Waals surface area contributed by atoms with Crippen molar-refractivity contribution in [3.05, 3.63) is 10.6 Å². The lowest BCUT2D eigenvalue weighted by Gasteiger charge is -1.98. The van der Waals surface area contributed by atoms with Gasteiger partial charge < -0.3 is 5.32 Å². The molecule has 0 bridgehead atoms. The zero-order chi connectivity index (χ0) is 12.3. The van der Waals surface area contributed by atoms with Gasteiger partial charge in [-0.2, -0.15) is 0 Å². The maximum atomic E-state index is 11.5. The van der Waals surface area contributed by atoms with Gasteiger partial charge in [-0.05, 0) is 13.8 Å². The lowest BCUT2D eigenvalue weighted by Crippen LogP contribution is -2.22. The molecule has 0 fully saturated rings. The summed E-state index contributed by atoms with van der Waals surface area (Å²) in [5.41, 5.74) is 0.516. The lowest BCUT2D eigenvalue weighted by atomic mass is 10.4. The van der Waals surface area contributed by atoms with E-state index in [9.17, 15) is 13.2 Å². The van der Waals surface area contributed by atoms with Gasteiger partial charge in [0.25, 0.3) is 5.91 Å². The van der Waals surface area contributed by atoms with Crippen LogP contribution in [0.15, 0.2) is 0 Å². The summed E-state index contributed by atoms with van der Waals surface area (Å²) < 4.78 is 24.2. The van der Waals surface area contributed by atoms with E-state index in [1.54, 1.807) is 6.92 Å². The van der Waals surface area contributed by atoms with Gasteiger partial charge in [-0.25, -0.2) is 13.4 Å². The summed E-state index contributed by atoms with van der Waals surface area (Å²) in [5.74, 6) is -0.237. The first-order valence-electron chi connectivity index (χ1n) is 4.57. The van der Waals surface area contributed by atoms with Crippen LogP contribution in [0.4, 0.5) is 5.13 Å². The molecule has 0 saturated carbocycles. The summed E-state index contributed by atoms with van der Waals surface area (Å²) in [4.78, 5) is 15.9. The van der Waals surface area contributed by atoms with Gasteiger partial charge in [-0.15, -0.1) is 0 Å². The minimum Gasteiger partial charge on any atom is -0.352 e. The van der Waals surface area contributed by atoms with E-state index in [0.29, 0.717) is 17.1 Å². The largest absolute Gasteiger partial charge is 0.352 e. The third kappa shape index (κ3) is 3.46. The van der Waals surface area contributed by atoms with Crippen LogP contribution in [0.25, 0.3) is 0 Å². The molecule has 8 heteroatoms. The molecule has 6 nitrogen and oxygen atoms in total. The van der Waals surface area contributed by atoms with Crippen molar-refractivity contribution in [2.45, 2.75) is 13.8 Å². The molecule has 0 unspecified atom stereocenters. The number of hydrogen-bond acceptors (Lipinski definition) is 5. The lowest BCUT2D eigenvalue weighted by molar-refractivity contribution is 0.0959. The topological polar surface area (TPSA) is 88.2 Å². The van der Waals surface area contributed by atoms with Crippen molar-refractivity contribution in [1.29, 1.82) is 0 Å². The number of rotatable bonds is 4. The van der Waals surface area contributed by atoms with Gasteiger partial charge in [0.1, 0.15) is 4.88 Å². The van der Waals surface area contributed by atoms with Gasteiger partial charge in [0, 0.05) is 6.54 Å². The van der Waals surface area contributed by atoms with Gasteiger partial charge in [-0.3, -0.25) is 9.52 Å². The van der Waals surface area contributed by atoms with Crippen molar-refractivity contribution in [2.24, 2.45) is 0 Å². The van der Waals surface area contributed by atoms with Crippen LogP contribution in [0.2, 0.25) is 0 Å². The fraction of sp³-hybridized carbons (Fsp3) is 0.500. The summed E-state index contributed by atoms with van der Waals surface area (Å²) in [6.07, 6.45) is 1.04. The minimum atomic E-state index is -3.35. The highest BCUT2D eigenvalue weighted by atomic mass is 32.2. The first-order valence-corrected chi connectivity index (χ1v) is 7.27. The van der Waals surface area contributed by atoms with E-state index in [1.807, 2.05) is 6.92 Å². The molecular weight excluding hydrogens is 250 g/mol. The summed E-state index contributed by atoms with van der Waals surface area (Å²) in [7, 11) is -3.35. The van der Waals surface area contributed by atoms with Crippen LogP contribution in [0, 0.1) is 6.92 Å². The highest BCUT2D eigenvalue weighted by Gasteiger charge is 2.16. The van der Waals surface area contributed by atoms with E-state index in [4.69, 9.17) is 0 Å². The Bertz CT molecular complexity index is 493. The number of aromatic nitrogens is 1. The van der Waals surface area contributed by atoms with Crippen molar-refractivity contribution in [1.82, 2.24) is 10.3 Å². The Labute approximate surface area is 98.1 Å². The van der Waals surface area contributed by atoms with Crippen LogP contribution in [0.3, 0.4) is 0 Å². The monoisotopic (exact) mass is 263 g/mol. The predicted molar refractivity (Wildman–Crippen MR) is 63.3 cm³/mol. The van der Waals surface area contributed by atoms with Crippen molar-refractivity contribution < 1.29 is 13.2 Å². The SMILES string of the molecule is CCNC(=O)c1sc(NS(C)(=O)=O)nc1C. The van der Waals surface area contributed by atoms with E-state index in [-0.39, 0.29) is 11.0 Å². The molecule has 1 heterocycles. The summed E-state index contributed by atoms with van der Waals surface area (Å²) in [6, 6.07) is 0. The Kier molecular flexibility index (Phi) is 3.87. The van der Waals surface area contributed by atoms with Gasteiger partial charge in [0.15, 0.2) is 5.13 Å². The molecule has 16 heavy (non-hydrogen) atoms. The number of anilines is 1. The molecule has 1 rings (SSSR count). The standard InChI is InChI=1S/C8H13N3O3S2/c1-4-9-7(12)6-5(2)10-8(15-6)11-16(3,13)14/h4H2,1-3H3,(H,9,12)(H,10,11). The Balaban J connectivity index is 2.94. The number of nitrogens with zero attached hydrogens (tertiary/aromatic N) is 1. The van der Waals surface area contributed by atoms with Crippen LogP contribution in [0.5, 0.6) is 0 Å². The average molecular weight is 263 g/mol. The van der Waals surface area contributed by atoms with Crippen LogP contribution < -0.4 is 10.0 Å². The van der Waals surface area contributed by atoms with Crippen LogP contribution in [0.1, 0.15) is 22.3 Å². The number of nitrogens with one attached hydrogen (secondary N) is 2. The fourth-order valence-electron chi connectivity index (χ4n) is 1.05. The Morgan fingerprint density at radius 1 is 1.50 bits per heavy atom. The van der Waals surface area contributed by atoms with E-state index < -0.39 is 10.0 Å². The van der Waals surface area contributed by atoms with E-state index in [2.05, 4.69) is 15.0 Å². The third-order valence-corrected chi connectivity index (χ3v) is 3.38. The van der Waals surface area contributed by atoms with Gasteiger partial charge in [-0.1, -0.05) is 11.3 Å². The molecule has 90 valence electrons. The molecule has 0 saturated heterocycles. The van der Waals surface area contributed by atoms with E-state index in [0.717, 1.165) is 17.6 Å². The Hall–Kier alpha value is -1.15. The number of hydrogen-bond donors (Lipinski definition) is 2. The molecule has 0 radical (unpaired) electrons. The molecule has 0 aromatic carbocycles. The van der Waals surface area contributed by atoms with Crippen LogP contribution in [-0.4, -0.2) is 32.1 Å². The summed E-state index contributed by atoms with van der Waals surface area (Å²) >= 11 is 1.02. The number of amides is 1. The molecule has 1 amide bonds. The van der Waals surface area contributed by atoms with Crippen molar-refractivity contribution >= 4 is 32.4 Å². The maximum absolute atomic E-state index is 11.5. The summed E-state index contributed by atoms with van der Waals surface area (Å²) in [5, 5.41) is 2.84. The molecule has 0 aliphatic rings. The van der Waals surface area contributed by atoms with Crippen molar-refractivity contribution in [3.8, 4) is 0 Å². The highest BCUT2D eigenvalue weighted by Crippen LogP contribution is 2.22. The molecule has 2 N–H and O–H groups in total. The minimum absolute atomic E-state index is 0.209. The number of sulfonamides is 1. The first kappa shape index (κ1) is 12.9. The normalized spacial score (nSPS) is 11.2. The molecular formula is C8H13N3O3S2. The highest BCUT2D eigenvalue weighted by molar-refractivity contribution is 7.92. The molecule has 1 aromatic rings. The first-order chi connectivity index (χ1) is 7.33. The molecule has 0 atom stereocenters. The summed E-state index contributed by atoms with van der Waals surface area (Å²) in [6.45, 7) is 3.99. The zero-order valence-electron chi connectivity index (χ0n) is 9.20. The second-order valence-electron chi connectivity index (χ2n) is 3.17. The van der Waals surface area contributed by atoms with Gasteiger partial charge in [0.05, 0.1) is 11.9 Å². The number of carbonyl (C=O) groups is 1. The molecule has 1 aromatic heterocycles. The second-order valence-corrected chi connectivity index (χ2v) is 5.91. The number of carbonyl (C=O) groups excluding carboxylic acids is 1. The third-order valence-electron chi connectivity index (χ3n) is 1.61. The van der Waals surface area contributed by atoms with E-state index >= 15 is 0 Å². The Morgan fingerprint density at radius 2 is 2.12 bits per heavy atom. The average Bonchev–Trinajstić information content (AvgIpc) is 2.44. The second kappa shape index (κ2) is 4.79. The molecule has 0 aliphatic heterocycles. The molecule has 0 aliphatic carbocycles.